The lowest BCUT2D eigenvalue weighted by molar-refractivity contribution is -0.142. The number of ether oxygens (including phenoxy) is 1. The van der Waals surface area contributed by atoms with Gasteiger partial charge in [0.25, 0.3) is 5.91 Å². The molecule has 0 unspecified atom stereocenters. The Morgan fingerprint density at radius 1 is 1.10 bits per heavy atom. The third kappa shape index (κ3) is 4.23. The van der Waals surface area contributed by atoms with Crippen LogP contribution in [0.3, 0.4) is 0 Å². The lowest BCUT2D eigenvalue weighted by Crippen LogP contribution is -2.50. The topological polar surface area (TPSA) is 79.0 Å². The van der Waals surface area contributed by atoms with Crippen molar-refractivity contribution in [1.29, 1.82) is 0 Å². The quantitative estimate of drug-likeness (QED) is 0.642. The fourth-order valence-corrected chi connectivity index (χ4v) is 3.82. The summed E-state index contributed by atoms with van der Waals surface area (Å²) in [7, 11) is 1.57. The van der Waals surface area contributed by atoms with E-state index >= 15 is 0 Å². The molecule has 0 aliphatic carbocycles. The summed E-state index contributed by atoms with van der Waals surface area (Å²) in [4.78, 5) is 41.9. The van der Waals surface area contributed by atoms with Gasteiger partial charge in [0, 0.05) is 12.1 Å². The van der Waals surface area contributed by atoms with Gasteiger partial charge in [-0.2, -0.15) is 0 Å². The summed E-state index contributed by atoms with van der Waals surface area (Å²) in [6, 6.07) is 6.61. The van der Waals surface area contributed by atoms with Crippen LogP contribution in [-0.4, -0.2) is 53.4 Å². The molecule has 7 heteroatoms. The van der Waals surface area contributed by atoms with Crippen molar-refractivity contribution in [3.8, 4) is 5.75 Å². The number of hydrogen-bond donors (Lipinski definition) is 1. The summed E-state index contributed by atoms with van der Waals surface area (Å²) >= 11 is 0. The largest absolute Gasteiger partial charge is 0.497 e. The number of imide groups is 1. The van der Waals surface area contributed by atoms with E-state index in [1.165, 1.54) is 0 Å². The molecule has 0 saturated carbocycles. The van der Waals surface area contributed by atoms with E-state index < -0.39 is 17.5 Å². The van der Waals surface area contributed by atoms with Crippen molar-refractivity contribution >= 4 is 17.8 Å². The number of hydrogen-bond acceptors (Lipinski definition) is 4. The Balaban J connectivity index is 2.29. The molecule has 1 heterocycles. The first-order valence-electron chi connectivity index (χ1n) is 10.3. The normalized spacial score (nSPS) is 21.0. The van der Waals surface area contributed by atoms with Gasteiger partial charge in [0.1, 0.15) is 17.8 Å². The number of nitrogens with one attached hydrogen (secondary N) is 1. The van der Waals surface area contributed by atoms with Gasteiger partial charge >= 0.3 is 6.03 Å². The number of methoxy groups -OCH3 is 1. The van der Waals surface area contributed by atoms with Crippen LogP contribution in [0.2, 0.25) is 0 Å². The maximum atomic E-state index is 13.3. The molecular formula is C22H33N3O4. The first-order valence-corrected chi connectivity index (χ1v) is 10.3. The molecule has 1 fully saturated rings. The Labute approximate surface area is 173 Å². The van der Waals surface area contributed by atoms with E-state index in [0.717, 1.165) is 17.7 Å². The van der Waals surface area contributed by atoms with Crippen molar-refractivity contribution in [2.75, 3.05) is 13.7 Å². The maximum Gasteiger partial charge on any atom is 0.325 e. The second kappa shape index (κ2) is 9.29. The van der Waals surface area contributed by atoms with Crippen molar-refractivity contribution in [3.05, 3.63) is 29.8 Å². The lowest BCUT2D eigenvalue weighted by atomic mass is 9.87. The molecule has 0 bridgehead atoms. The molecule has 2 rings (SSSR count). The summed E-state index contributed by atoms with van der Waals surface area (Å²) in [5.74, 6) is 0.0668. The highest BCUT2D eigenvalue weighted by atomic mass is 16.5. The zero-order valence-electron chi connectivity index (χ0n) is 18.3. The number of nitrogens with zero attached hydrogens (tertiary/aromatic N) is 2. The second-order valence-corrected chi connectivity index (χ2v) is 7.62. The standard InChI is InChI=1S/C22H33N3O4/c1-7-15(4)25(16(5)8-2)19(26)14-24-20(27)22(9-3,23-21(24)28)17-10-12-18(29-6)13-11-17/h10-13,15-16H,7-9,14H2,1-6H3,(H,23,28)/t15-,16-,22+/m0/s1. The highest BCUT2D eigenvalue weighted by Gasteiger charge is 2.52. The summed E-state index contributed by atoms with van der Waals surface area (Å²) in [5.41, 5.74) is -0.490. The fraction of sp³-hybridized carbons (Fsp3) is 0.591. The maximum absolute atomic E-state index is 13.3. The minimum atomic E-state index is -1.17. The minimum Gasteiger partial charge on any atom is -0.497 e. The van der Waals surface area contributed by atoms with E-state index in [9.17, 15) is 14.4 Å². The summed E-state index contributed by atoms with van der Waals surface area (Å²) in [6.07, 6.45) is 2.00. The monoisotopic (exact) mass is 403 g/mol. The molecule has 1 saturated heterocycles. The molecule has 1 aromatic carbocycles. The molecular weight excluding hydrogens is 370 g/mol. The van der Waals surface area contributed by atoms with Crippen molar-refractivity contribution in [2.45, 2.75) is 71.5 Å². The van der Waals surface area contributed by atoms with Gasteiger partial charge in [0.05, 0.1) is 7.11 Å². The van der Waals surface area contributed by atoms with Crippen LogP contribution in [0.1, 0.15) is 59.4 Å². The zero-order chi connectivity index (χ0) is 21.8. The average Bonchev–Trinajstić information content (AvgIpc) is 2.98. The Morgan fingerprint density at radius 2 is 1.66 bits per heavy atom. The predicted molar refractivity (Wildman–Crippen MR) is 112 cm³/mol. The Hall–Kier alpha value is -2.57. The highest BCUT2D eigenvalue weighted by Crippen LogP contribution is 2.33. The van der Waals surface area contributed by atoms with Crippen LogP contribution in [0.4, 0.5) is 4.79 Å². The van der Waals surface area contributed by atoms with Gasteiger partial charge in [-0.25, -0.2) is 4.79 Å². The number of benzene rings is 1. The molecule has 4 amide bonds. The third-order valence-electron chi connectivity index (χ3n) is 6.00. The summed E-state index contributed by atoms with van der Waals surface area (Å²) in [6.45, 7) is 9.61. The van der Waals surface area contributed by atoms with Gasteiger partial charge in [-0.3, -0.25) is 14.5 Å². The number of rotatable bonds is 9. The van der Waals surface area contributed by atoms with Crippen LogP contribution in [0, 0.1) is 0 Å². The van der Waals surface area contributed by atoms with Crippen LogP contribution in [-0.2, 0) is 15.1 Å². The van der Waals surface area contributed by atoms with Crippen molar-refractivity contribution in [1.82, 2.24) is 15.1 Å². The Morgan fingerprint density at radius 3 is 2.10 bits per heavy atom. The van der Waals surface area contributed by atoms with Crippen molar-refractivity contribution in [2.24, 2.45) is 0 Å². The SMILES string of the molecule is CC[C@H](C)N(C(=O)CN1C(=O)N[C@](CC)(c2ccc(OC)cc2)C1=O)[C@@H](C)CC. The molecule has 29 heavy (non-hydrogen) atoms. The fourth-order valence-electron chi connectivity index (χ4n) is 3.82. The predicted octanol–water partition coefficient (Wildman–Crippen LogP) is 3.28. The van der Waals surface area contributed by atoms with E-state index in [-0.39, 0.29) is 24.5 Å². The van der Waals surface area contributed by atoms with Gasteiger partial charge in [-0.1, -0.05) is 32.9 Å². The molecule has 7 nitrogen and oxygen atoms in total. The number of carbonyl (C=O) groups is 3. The zero-order valence-corrected chi connectivity index (χ0v) is 18.3. The van der Waals surface area contributed by atoms with E-state index in [1.807, 2.05) is 34.6 Å². The van der Waals surface area contributed by atoms with Gasteiger partial charge in [0.15, 0.2) is 0 Å². The first kappa shape index (κ1) is 22.7. The van der Waals surface area contributed by atoms with Crippen LogP contribution in [0.15, 0.2) is 24.3 Å². The number of urea groups is 1. The molecule has 0 radical (unpaired) electrons. The highest BCUT2D eigenvalue weighted by molar-refractivity contribution is 6.09. The molecule has 1 aliphatic rings. The van der Waals surface area contributed by atoms with Crippen molar-refractivity contribution in [3.63, 3.8) is 0 Å². The lowest BCUT2D eigenvalue weighted by Gasteiger charge is -2.35. The molecule has 1 aliphatic heterocycles. The van der Waals surface area contributed by atoms with E-state index in [1.54, 1.807) is 36.3 Å². The van der Waals surface area contributed by atoms with Crippen LogP contribution in [0.5, 0.6) is 5.75 Å². The van der Waals surface area contributed by atoms with Gasteiger partial charge in [-0.15, -0.1) is 0 Å². The molecule has 1 N–H and O–H groups in total. The Kier molecular flexibility index (Phi) is 7.27. The summed E-state index contributed by atoms with van der Waals surface area (Å²) in [5, 5.41) is 2.83. The van der Waals surface area contributed by atoms with Crippen LogP contribution in [0.25, 0.3) is 0 Å². The molecule has 1 aromatic rings. The van der Waals surface area contributed by atoms with Crippen LogP contribution >= 0.6 is 0 Å². The molecule has 0 aromatic heterocycles. The Bertz CT molecular complexity index is 739. The van der Waals surface area contributed by atoms with Gasteiger partial charge in [0.2, 0.25) is 5.91 Å². The van der Waals surface area contributed by atoms with Crippen molar-refractivity contribution < 1.29 is 19.1 Å². The number of carbonyl (C=O) groups excluding carboxylic acids is 3. The summed E-state index contributed by atoms with van der Waals surface area (Å²) < 4.78 is 5.18. The van der Waals surface area contributed by atoms with E-state index in [4.69, 9.17) is 4.74 Å². The molecule has 3 atom stereocenters. The average molecular weight is 404 g/mol. The van der Waals surface area contributed by atoms with Crippen LogP contribution < -0.4 is 10.1 Å². The second-order valence-electron chi connectivity index (χ2n) is 7.62. The van der Waals surface area contributed by atoms with E-state index in [0.29, 0.717) is 17.7 Å². The third-order valence-corrected chi connectivity index (χ3v) is 6.00. The van der Waals surface area contributed by atoms with Gasteiger partial charge < -0.3 is 15.0 Å². The van der Waals surface area contributed by atoms with Gasteiger partial charge in [-0.05, 0) is 50.8 Å². The van der Waals surface area contributed by atoms with E-state index in [2.05, 4.69) is 5.32 Å². The smallest absolute Gasteiger partial charge is 0.325 e. The molecule has 160 valence electrons. The number of amides is 4. The minimum absolute atomic E-state index is 0.0377. The first-order chi connectivity index (χ1) is 13.7. The molecule has 0 spiro atoms.